The van der Waals surface area contributed by atoms with Crippen LogP contribution in [-0.2, 0) is 12.8 Å². The Morgan fingerprint density at radius 3 is 2.56 bits per heavy atom. The highest BCUT2D eigenvalue weighted by molar-refractivity contribution is 5.92. The fraction of sp³-hybridized carbons (Fsp3) is 0.514. The first kappa shape index (κ1) is 29.1. The van der Waals surface area contributed by atoms with E-state index in [0.717, 1.165) is 55.9 Å². The van der Waals surface area contributed by atoms with Crippen molar-refractivity contribution in [3.63, 3.8) is 0 Å². The standard InChI is InChI=1S/C35H46N4O2/c1-4-41-32-10-6-9-29(24-32)23-31-12-11-26(19-25(31)2)15-17-36-34-14-13-33(37-38-34)35(40)39(3)18-16-30-21-27-7-5-8-28(20-27)22-30/h6,9-14,19,24,27-28,30H,4-5,7-8,15-18,20-23H2,1-3H3,(H,36,38). The molecule has 2 bridgehead atoms. The minimum atomic E-state index is -0.0414. The zero-order valence-corrected chi connectivity index (χ0v) is 25.1. The van der Waals surface area contributed by atoms with Crippen molar-refractivity contribution in [3.8, 4) is 5.75 Å². The van der Waals surface area contributed by atoms with E-state index in [1.807, 2.05) is 31.0 Å². The molecule has 2 atom stereocenters. The fourth-order valence-electron chi connectivity index (χ4n) is 6.90. The summed E-state index contributed by atoms with van der Waals surface area (Å²) in [7, 11) is 1.89. The molecule has 2 aromatic carbocycles. The maximum absolute atomic E-state index is 12.9. The number of amides is 1. The van der Waals surface area contributed by atoms with Crippen molar-refractivity contribution in [2.24, 2.45) is 17.8 Å². The smallest absolute Gasteiger partial charge is 0.274 e. The number of fused-ring (bicyclic) bond motifs is 2. The van der Waals surface area contributed by atoms with E-state index < -0.39 is 0 Å². The molecule has 41 heavy (non-hydrogen) atoms. The largest absolute Gasteiger partial charge is 0.494 e. The number of benzene rings is 2. The highest BCUT2D eigenvalue weighted by atomic mass is 16.5. The monoisotopic (exact) mass is 554 g/mol. The summed E-state index contributed by atoms with van der Waals surface area (Å²) in [5.41, 5.74) is 5.57. The summed E-state index contributed by atoms with van der Waals surface area (Å²) in [6.45, 7) is 6.41. The molecule has 0 radical (unpaired) electrons. The van der Waals surface area contributed by atoms with E-state index in [1.54, 1.807) is 6.07 Å². The van der Waals surface area contributed by atoms with Crippen LogP contribution in [0.25, 0.3) is 0 Å². The van der Waals surface area contributed by atoms with Gasteiger partial charge in [0, 0.05) is 20.1 Å². The molecule has 0 spiro atoms. The molecule has 0 aliphatic heterocycles. The van der Waals surface area contributed by atoms with Crippen LogP contribution in [0.4, 0.5) is 5.82 Å². The second-order valence-electron chi connectivity index (χ2n) is 12.3. The fourth-order valence-corrected chi connectivity index (χ4v) is 6.90. The van der Waals surface area contributed by atoms with Gasteiger partial charge in [-0.2, -0.15) is 0 Å². The van der Waals surface area contributed by atoms with Gasteiger partial charge < -0.3 is 15.0 Å². The Balaban J connectivity index is 1.06. The van der Waals surface area contributed by atoms with E-state index in [-0.39, 0.29) is 5.91 Å². The Morgan fingerprint density at radius 1 is 1.00 bits per heavy atom. The zero-order chi connectivity index (χ0) is 28.6. The SMILES string of the molecule is CCOc1cccc(Cc2ccc(CCNc3ccc(C(=O)N(C)CCC4CC5CCCC(C5)C4)nn3)cc2C)c1. The normalized spacial score (nSPS) is 19.9. The first-order valence-corrected chi connectivity index (χ1v) is 15.6. The molecule has 2 aliphatic rings. The molecule has 6 heteroatoms. The minimum Gasteiger partial charge on any atom is -0.494 e. The maximum atomic E-state index is 12.9. The van der Waals surface area contributed by atoms with Gasteiger partial charge in [-0.25, -0.2) is 0 Å². The third kappa shape index (κ3) is 8.08. The van der Waals surface area contributed by atoms with Crippen LogP contribution in [0.1, 0.15) is 84.6 Å². The number of nitrogens with zero attached hydrogens (tertiary/aromatic N) is 3. The maximum Gasteiger partial charge on any atom is 0.274 e. The van der Waals surface area contributed by atoms with Crippen LogP contribution in [0.15, 0.2) is 54.6 Å². The van der Waals surface area contributed by atoms with Gasteiger partial charge in [-0.1, -0.05) is 49.6 Å². The topological polar surface area (TPSA) is 67.3 Å². The van der Waals surface area contributed by atoms with E-state index >= 15 is 0 Å². The molecule has 218 valence electrons. The Hall–Kier alpha value is -3.41. The lowest BCUT2D eigenvalue weighted by Crippen LogP contribution is -2.32. The second kappa shape index (κ2) is 14.0. The lowest BCUT2D eigenvalue weighted by atomic mass is 9.67. The summed E-state index contributed by atoms with van der Waals surface area (Å²) >= 11 is 0. The van der Waals surface area contributed by atoms with Crippen LogP contribution in [-0.4, -0.2) is 47.7 Å². The van der Waals surface area contributed by atoms with Crippen molar-refractivity contribution in [2.75, 3.05) is 32.1 Å². The van der Waals surface area contributed by atoms with Gasteiger partial charge >= 0.3 is 0 Å². The first-order chi connectivity index (χ1) is 20.0. The van der Waals surface area contributed by atoms with E-state index in [9.17, 15) is 4.79 Å². The van der Waals surface area contributed by atoms with Crippen LogP contribution >= 0.6 is 0 Å². The average molecular weight is 555 g/mol. The van der Waals surface area contributed by atoms with Crippen LogP contribution in [0.3, 0.4) is 0 Å². The number of aromatic nitrogens is 2. The third-order valence-electron chi connectivity index (χ3n) is 9.06. The molecular formula is C35H46N4O2. The number of nitrogens with one attached hydrogen (secondary N) is 1. The highest BCUT2D eigenvalue weighted by Gasteiger charge is 2.31. The van der Waals surface area contributed by atoms with Crippen molar-refractivity contribution >= 4 is 11.7 Å². The molecule has 1 aromatic heterocycles. The van der Waals surface area contributed by atoms with Crippen molar-refractivity contribution in [1.82, 2.24) is 15.1 Å². The summed E-state index contributed by atoms with van der Waals surface area (Å²) in [5.74, 6) is 4.20. The Kier molecular flexibility index (Phi) is 9.92. The molecule has 2 saturated carbocycles. The second-order valence-corrected chi connectivity index (χ2v) is 12.3. The zero-order valence-electron chi connectivity index (χ0n) is 25.1. The Morgan fingerprint density at radius 2 is 1.83 bits per heavy atom. The van der Waals surface area contributed by atoms with E-state index in [4.69, 9.17) is 4.74 Å². The number of ether oxygens (including phenoxy) is 1. The Labute approximate surface area is 245 Å². The number of hydrogen-bond donors (Lipinski definition) is 1. The van der Waals surface area contributed by atoms with E-state index in [0.29, 0.717) is 18.1 Å². The number of carbonyl (C=O) groups excluding carboxylic acids is 1. The molecule has 3 aromatic rings. The van der Waals surface area contributed by atoms with Gasteiger partial charge in [0.25, 0.3) is 5.91 Å². The van der Waals surface area contributed by atoms with Crippen LogP contribution in [0, 0.1) is 24.7 Å². The van der Waals surface area contributed by atoms with Gasteiger partial charge in [-0.15, -0.1) is 10.2 Å². The van der Waals surface area contributed by atoms with Crippen molar-refractivity contribution in [2.45, 2.75) is 71.6 Å². The van der Waals surface area contributed by atoms with Gasteiger partial charge in [-0.3, -0.25) is 4.79 Å². The summed E-state index contributed by atoms with van der Waals surface area (Å²) in [6.07, 6.45) is 11.3. The van der Waals surface area contributed by atoms with E-state index in [2.05, 4.69) is 58.8 Å². The van der Waals surface area contributed by atoms with Gasteiger partial charge in [0.1, 0.15) is 11.6 Å². The Bertz CT molecular complexity index is 1280. The first-order valence-electron chi connectivity index (χ1n) is 15.6. The number of rotatable bonds is 12. The number of carbonyl (C=O) groups is 1. The number of anilines is 1. The molecule has 5 rings (SSSR count). The molecule has 1 N–H and O–H groups in total. The lowest BCUT2D eigenvalue weighted by Gasteiger charge is -2.39. The van der Waals surface area contributed by atoms with Crippen LogP contribution < -0.4 is 10.1 Å². The van der Waals surface area contributed by atoms with Crippen molar-refractivity contribution < 1.29 is 9.53 Å². The predicted octanol–water partition coefficient (Wildman–Crippen LogP) is 7.11. The average Bonchev–Trinajstić information content (AvgIpc) is 2.97. The van der Waals surface area contributed by atoms with Crippen molar-refractivity contribution in [1.29, 1.82) is 0 Å². The summed E-state index contributed by atoms with van der Waals surface area (Å²) in [5, 5.41) is 11.9. The number of aryl methyl sites for hydroxylation is 1. The molecule has 0 saturated heterocycles. The molecular weight excluding hydrogens is 508 g/mol. The third-order valence-corrected chi connectivity index (χ3v) is 9.06. The quantitative estimate of drug-likeness (QED) is 0.258. The van der Waals surface area contributed by atoms with Gasteiger partial charge in [-0.05, 0) is 117 Å². The van der Waals surface area contributed by atoms with Gasteiger partial charge in [0.15, 0.2) is 5.69 Å². The lowest BCUT2D eigenvalue weighted by molar-refractivity contribution is 0.0756. The minimum absolute atomic E-state index is 0.0414. The summed E-state index contributed by atoms with van der Waals surface area (Å²) in [4.78, 5) is 14.8. The molecule has 1 heterocycles. The predicted molar refractivity (Wildman–Crippen MR) is 166 cm³/mol. The van der Waals surface area contributed by atoms with Gasteiger partial charge in [0.05, 0.1) is 6.61 Å². The number of hydrogen-bond acceptors (Lipinski definition) is 5. The molecule has 2 aliphatic carbocycles. The van der Waals surface area contributed by atoms with Crippen molar-refractivity contribution in [3.05, 3.63) is 82.5 Å². The summed E-state index contributed by atoms with van der Waals surface area (Å²) in [6, 6.07) is 18.7. The van der Waals surface area contributed by atoms with Crippen LogP contribution in [0.2, 0.25) is 0 Å². The van der Waals surface area contributed by atoms with Gasteiger partial charge in [0.2, 0.25) is 0 Å². The summed E-state index contributed by atoms with van der Waals surface area (Å²) < 4.78 is 5.65. The molecule has 2 unspecified atom stereocenters. The molecule has 6 nitrogen and oxygen atoms in total. The molecule has 1 amide bonds. The van der Waals surface area contributed by atoms with E-state index in [1.165, 1.54) is 60.8 Å². The van der Waals surface area contributed by atoms with Crippen LogP contribution in [0.5, 0.6) is 5.75 Å². The molecule has 2 fully saturated rings. The highest BCUT2D eigenvalue weighted by Crippen LogP contribution is 2.43.